The number of hydrogen-bond donors (Lipinski definition) is 1. The minimum atomic E-state index is 0.282. The Morgan fingerprint density at radius 3 is 2.39 bits per heavy atom. The van der Waals surface area contributed by atoms with Crippen molar-refractivity contribution in [3.8, 4) is 11.5 Å². The van der Waals surface area contributed by atoms with E-state index in [-0.39, 0.29) is 6.61 Å². The molecule has 2 aromatic rings. The van der Waals surface area contributed by atoms with Gasteiger partial charge in [0.15, 0.2) is 11.5 Å². The molecule has 0 radical (unpaired) electrons. The van der Waals surface area contributed by atoms with Gasteiger partial charge in [-0.05, 0) is 49.6 Å². The molecule has 0 unspecified atom stereocenters. The highest BCUT2D eigenvalue weighted by Crippen LogP contribution is 2.36. The SMILES string of the molecule is CCOc1cc(CNC2CCCCC2)c(Br)cc1OCc1c(Cl)cccc1Cl. The highest BCUT2D eigenvalue weighted by molar-refractivity contribution is 9.10. The van der Waals surface area contributed by atoms with Crippen LogP contribution in [0.1, 0.15) is 50.2 Å². The summed E-state index contributed by atoms with van der Waals surface area (Å²) < 4.78 is 12.9. The van der Waals surface area contributed by atoms with Gasteiger partial charge in [0.1, 0.15) is 6.61 Å². The molecule has 0 saturated heterocycles. The molecule has 0 aliphatic heterocycles. The number of ether oxygens (including phenoxy) is 2. The van der Waals surface area contributed by atoms with Gasteiger partial charge in [0, 0.05) is 32.7 Å². The van der Waals surface area contributed by atoms with Gasteiger partial charge >= 0.3 is 0 Å². The molecular formula is C22H26BrCl2NO2. The lowest BCUT2D eigenvalue weighted by Crippen LogP contribution is -2.30. The quantitative estimate of drug-likeness (QED) is 0.429. The average molecular weight is 487 g/mol. The lowest BCUT2D eigenvalue weighted by molar-refractivity contribution is 0.269. The van der Waals surface area contributed by atoms with Crippen LogP contribution in [0.5, 0.6) is 11.5 Å². The molecule has 3 rings (SSSR count). The fourth-order valence-corrected chi connectivity index (χ4v) is 4.44. The molecule has 1 N–H and O–H groups in total. The normalized spacial score (nSPS) is 14.9. The van der Waals surface area contributed by atoms with Crippen molar-refractivity contribution < 1.29 is 9.47 Å². The summed E-state index contributed by atoms with van der Waals surface area (Å²) in [6.07, 6.45) is 6.52. The Kier molecular flexibility index (Phi) is 8.34. The second-order valence-electron chi connectivity index (χ2n) is 7.03. The van der Waals surface area contributed by atoms with Crippen LogP contribution in [0.2, 0.25) is 10.0 Å². The van der Waals surface area contributed by atoms with Crippen molar-refractivity contribution >= 4 is 39.1 Å². The second-order valence-corrected chi connectivity index (χ2v) is 8.70. The van der Waals surface area contributed by atoms with Crippen molar-refractivity contribution in [2.45, 2.75) is 58.2 Å². The van der Waals surface area contributed by atoms with E-state index in [0.29, 0.717) is 28.4 Å². The zero-order valence-electron chi connectivity index (χ0n) is 16.1. The summed E-state index contributed by atoms with van der Waals surface area (Å²) in [6.45, 7) is 3.63. The van der Waals surface area contributed by atoms with E-state index < -0.39 is 0 Å². The summed E-state index contributed by atoms with van der Waals surface area (Å²) in [5.41, 5.74) is 1.93. The third kappa shape index (κ3) is 5.79. The molecule has 1 aliphatic carbocycles. The average Bonchev–Trinajstić information content (AvgIpc) is 2.69. The van der Waals surface area contributed by atoms with Gasteiger partial charge in [-0.3, -0.25) is 0 Å². The Balaban J connectivity index is 1.72. The summed E-state index contributed by atoms with van der Waals surface area (Å²) in [5.74, 6) is 1.40. The maximum Gasteiger partial charge on any atom is 0.162 e. The van der Waals surface area contributed by atoms with E-state index in [0.717, 1.165) is 27.9 Å². The van der Waals surface area contributed by atoms with Crippen LogP contribution in [-0.2, 0) is 13.2 Å². The lowest BCUT2D eigenvalue weighted by atomic mass is 9.95. The van der Waals surface area contributed by atoms with E-state index in [2.05, 4.69) is 21.2 Å². The van der Waals surface area contributed by atoms with E-state index in [1.54, 1.807) is 0 Å². The highest BCUT2D eigenvalue weighted by Gasteiger charge is 2.16. The highest BCUT2D eigenvalue weighted by atomic mass is 79.9. The van der Waals surface area contributed by atoms with E-state index >= 15 is 0 Å². The molecule has 1 aliphatic rings. The van der Waals surface area contributed by atoms with Gasteiger partial charge in [-0.2, -0.15) is 0 Å². The van der Waals surface area contributed by atoms with Gasteiger partial charge < -0.3 is 14.8 Å². The molecule has 0 bridgehead atoms. The molecule has 0 aromatic heterocycles. The van der Waals surface area contributed by atoms with Crippen LogP contribution in [-0.4, -0.2) is 12.6 Å². The van der Waals surface area contributed by atoms with Crippen LogP contribution < -0.4 is 14.8 Å². The minimum Gasteiger partial charge on any atom is -0.490 e. The first kappa shape index (κ1) is 21.8. The Morgan fingerprint density at radius 2 is 1.71 bits per heavy atom. The molecule has 152 valence electrons. The maximum absolute atomic E-state index is 6.25. The molecule has 28 heavy (non-hydrogen) atoms. The van der Waals surface area contributed by atoms with Crippen LogP contribution in [0.4, 0.5) is 0 Å². The topological polar surface area (TPSA) is 30.5 Å². The third-order valence-corrected chi connectivity index (χ3v) is 6.48. The molecule has 1 fully saturated rings. The standard InChI is InChI=1S/C22H26BrCl2NO2/c1-2-27-21-11-15(13-26-16-7-4-3-5-8-16)18(23)12-22(21)28-14-17-19(24)9-6-10-20(17)25/h6,9-12,16,26H,2-5,7-8,13-14H2,1H3. The molecule has 1 saturated carbocycles. The molecule has 0 atom stereocenters. The largest absolute Gasteiger partial charge is 0.490 e. The Labute approximate surface area is 185 Å². The van der Waals surface area contributed by atoms with Crippen molar-refractivity contribution in [1.29, 1.82) is 0 Å². The number of rotatable bonds is 8. The second kappa shape index (κ2) is 10.7. The zero-order valence-corrected chi connectivity index (χ0v) is 19.2. The molecule has 0 amide bonds. The predicted octanol–water partition coefficient (Wildman–Crippen LogP) is 7.16. The lowest BCUT2D eigenvalue weighted by Gasteiger charge is -2.23. The van der Waals surface area contributed by atoms with Crippen molar-refractivity contribution in [2.75, 3.05) is 6.61 Å². The van der Waals surface area contributed by atoms with Crippen molar-refractivity contribution in [1.82, 2.24) is 5.32 Å². The molecule has 2 aromatic carbocycles. The van der Waals surface area contributed by atoms with Gasteiger partial charge in [0.05, 0.1) is 6.61 Å². The Morgan fingerprint density at radius 1 is 1.04 bits per heavy atom. The van der Waals surface area contributed by atoms with Crippen LogP contribution in [0.15, 0.2) is 34.8 Å². The van der Waals surface area contributed by atoms with Crippen molar-refractivity contribution in [3.63, 3.8) is 0 Å². The first-order valence-electron chi connectivity index (χ1n) is 9.82. The Hall–Kier alpha value is -0.940. The van der Waals surface area contributed by atoms with E-state index in [9.17, 15) is 0 Å². The molecule has 6 heteroatoms. The summed E-state index contributed by atoms with van der Waals surface area (Å²) in [4.78, 5) is 0. The van der Waals surface area contributed by atoms with Crippen LogP contribution in [0.3, 0.4) is 0 Å². The van der Waals surface area contributed by atoms with Crippen molar-refractivity contribution in [3.05, 3.63) is 56.0 Å². The predicted molar refractivity (Wildman–Crippen MR) is 120 cm³/mol. The van der Waals surface area contributed by atoms with E-state index in [4.69, 9.17) is 32.7 Å². The Bertz CT molecular complexity index is 774. The summed E-state index contributed by atoms with van der Waals surface area (Å²) in [7, 11) is 0. The summed E-state index contributed by atoms with van der Waals surface area (Å²) >= 11 is 16.2. The monoisotopic (exact) mass is 485 g/mol. The number of hydrogen-bond acceptors (Lipinski definition) is 3. The fraction of sp³-hybridized carbons (Fsp3) is 0.455. The van der Waals surface area contributed by atoms with Gasteiger partial charge in [-0.1, -0.05) is 64.5 Å². The first-order chi connectivity index (χ1) is 13.6. The van der Waals surface area contributed by atoms with Crippen LogP contribution in [0, 0.1) is 0 Å². The summed E-state index contributed by atoms with van der Waals surface area (Å²) in [5, 5.41) is 4.87. The van der Waals surface area contributed by atoms with Gasteiger partial charge in [0.2, 0.25) is 0 Å². The first-order valence-corrected chi connectivity index (χ1v) is 11.4. The number of halogens is 3. The molecule has 0 spiro atoms. The summed E-state index contributed by atoms with van der Waals surface area (Å²) in [6, 6.07) is 10.1. The fourth-order valence-electron chi connectivity index (χ4n) is 3.47. The van der Waals surface area contributed by atoms with Crippen LogP contribution >= 0.6 is 39.1 Å². The molecule has 3 nitrogen and oxygen atoms in total. The smallest absolute Gasteiger partial charge is 0.162 e. The van der Waals surface area contributed by atoms with Gasteiger partial charge in [-0.25, -0.2) is 0 Å². The maximum atomic E-state index is 6.25. The van der Waals surface area contributed by atoms with E-state index in [1.807, 2.05) is 37.3 Å². The van der Waals surface area contributed by atoms with Gasteiger partial charge in [0.25, 0.3) is 0 Å². The number of benzene rings is 2. The minimum absolute atomic E-state index is 0.282. The van der Waals surface area contributed by atoms with E-state index in [1.165, 1.54) is 32.1 Å². The number of nitrogens with one attached hydrogen (secondary N) is 1. The zero-order chi connectivity index (χ0) is 19.9. The van der Waals surface area contributed by atoms with Crippen LogP contribution in [0.25, 0.3) is 0 Å². The van der Waals surface area contributed by atoms with Crippen molar-refractivity contribution in [2.24, 2.45) is 0 Å². The molecular weight excluding hydrogens is 461 g/mol. The molecule has 0 heterocycles. The third-order valence-electron chi connectivity index (χ3n) is 5.03. The van der Waals surface area contributed by atoms with Gasteiger partial charge in [-0.15, -0.1) is 0 Å².